The second-order valence-electron chi connectivity index (χ2n) is 36.3. The van der Waals surface area contributed by atoms with Gasteiger partial charge in [-0.05, 0) is 19.3 Å². The fourth-order valence-corrected chi connectivity index (χ4v) is 18.0. The molecule has 48 heteroatoms. The first-order valence-electron chi connectivity index (χ1n) is 47.7. The van der Waals surface area contributed by atoms with Crippen molar-refractivity contribution in [3.8, 4) is 0 Å². The van der Waals surface area contributed by atoms with E-state index in [4.69, 9.17) is 66.3 Å². The van der Waals surface area contributed by atoms with Crippen LogP contribution in [-0.4, -0.2) is 449 Å². The molecular weight excluding hydrogens is 1820 g/mol. The molecule has 7 fully saturated rings. The van der Waals surface area contributed by atoms with E-state index in [2.05, 4.69) is 35.1 Å². The highest BCUT2D eigenvalue weighted by molar-refractivity contribution is 5.78. The molecule has 0 bridgehead atoms. The molecule has 0 aromatic rings. The molecular formula is C88H154N4O44. The Hall–Kier alpha value is -4.88. The fourth-order valence-electron chi connectivity index (χ4n) is 18.0. The molecule has 14 unspecified atom stereocenters. The molecule has 0 aromatic heterocycles. The topological polar surface area (TPSA) is 765 Å². The zero-order valence-electron chi connectivity index (χ0n) is 77.9. The average molecular weight is 1970 g/mol. The number of rotatable bonds is 60. The number of carboxylic acid groups (broad SMARTS) is 2. The van der Waals surface area contributed by atoms with Gasteiger partial charge in [0, 0.05) is 40.0 Å². The summed E-state index contributed by atoms with van der Waals surface area (Å²) >= 11 is 0. The minimum atomic E-state index is -3.56. The van der Waals surface area contributed by atoms with Crippen molar-refractivity contribution in [2.75, 3.05) is 52.9 Å². The van der Waals surface area contributed by atoms with Gasteiger partial charge in [0.2, 0.25) is 23.6 Å². The lowest BCUT2D eigenvalue weighted by molar-refractivity contribution is -0.393. The Balaban J connectivity index is 1.04. The number of carboxylic acids is 2. The van der Waals surface area contributed by atoms with E-state index in [0.717, 1.165) is 78.6 Å². The third-order valence-electron chi connectivity index (χ3n) is 25.7. The summed E-state index contributed by atoms with van der Waals surface area (Å²) in [6.07, 6.45) is -43.6. The number of aliphatic hydroxyl groups excluding tert-OH is 22. The molecule has 7 rings (SSSR count). The van der Waals surface area contributed by atoms with Crippen molar-refractivity contribution in [1.29, 1.82) is 0 Å². The molecule has 7 aliphatic rings. The monoisotopic (exact) mass is 1970 g/mol. The van der Waals surface area contributed by atoms with E-state index in [-0.39, 0.29) is 12.3 Å². The van der Waals surface area contributed by atoms with Crippen LogP contribution < -0.4 is 21.3 Å². The number of aliphatic hydroxyl groups is 22. The summed E-state index contributed by atoms with van der Waals surface area (Å²) < 4.78 is 82.3. The number of carbonyl (C=O) groups excluding carboxylic acids is 4. The van der Waals surface area contributed by atoms with Gasteiger partial charge in [-0.1, -0.05) is 167 Å². The van der Waals surface area contributed by atoms with Crippen molar-refractivity contribution < 1.29 is 218 Å². The molecule has 0 spiro atoms. The van der Waals surface area contributed by atoms with E-state index >= 15 is 0 Å². The molecule has 48 nitrogen and oxygen atoms in total. The zero-order valence-corrected chi connectivity index (χ0v) is 77.9. The molecule has 0 aromatic carbocycles. The number of carbonyl (C=O) groups is 6. The largest absolute Gasteiger partial charge is 0.477 e. The van der Waals surface area contributed by atoms with Crippen molar-refractivity contribution in [1.82, 2.24) is 21.3 Å². The highest BCUT2D eigenvalue weighted by atomic mass is 16.8. The highest BCUT2D eigenvalue weighted by Crippen LogP contribution is 2.43. The molecule has 7 saturated heterocycles. The van der Waals surface area contributed by atoms with Crippen molar-refractivity contribution in [3.63, 3.8) is 0 Å². The molecule has 4 amide bonds. The Labute approximate surface area is 789 Å². The average Bonchev–Trinajstić information content (AvgIpc) is 0.740. The summed E-state index contributed by atoms with van der Waals surface area (Å²) in [4.78, 5) is 78.9. The maximum absolute atomic E-state index is 13.8. The van der Waals surface area contributed by atoms with Crippen molar-refractivity contribution >= 4 is 35.6 Å². The van der Waals surface area contributed by atoms with E-state index < -0.39 is 333 Å². The van der Waals surface area contributed by atoms with E-state index in [0.29, 0.717) is 12.8 Å². The van der Waals surface area contributed by atoms with E-state index in [9.17, 15) is 151 Å². The summed E-state index contributed by atoms with van der Waals surface area (Å²) in [6.45, 7) is -1.92. The van der Waals surface area contributed by atoms with Crippen LogP contribution in [0, 0.1) is 0 Å². The van der Waals surface area contributed by atoms with Crippen LogP contribution in [-0.2, 0) is 95.1 Å². The minimum absolute atomic E-state index is 0.145. The summed E-state index contributed by atoms with van der Waals surface area (Å²) in [7, 11) is 0. The Morgan fingerprint density at radius 2 is 0.765 bits per heavy atom. The van der Waals surface area contributed by atoms with Gasteiger partial charge in [-0.3, -0.25) is 19.2 Å². The number of unbranched alkanes of at least 4 members (excludes halogenated alkanes) is 23. The second-order valence-corrected chi connectivity index (χ2v) is 36.3. The standard InChI is InChI=1S/C88H154N4O44/c1-6-8-10-12-14-16-18-20-22-24-26-28-30-32-48(103)47(92-58(107)33-31-29-27-25-23-21-19-17-15-13-11-9-7-2)43-123-81-69(115)67(113)73(56(41-98)127-81)129-82-70(116)68(114)74(57(42-99)128-82)130-83-71(117)78(64(110)53(38-95)125-83)132-80-61(91-46(5)102)75(63(109)52(37-94)124-80)131-84-72(118)79(65(111)54(39-96)126-84)136-88(86(121)122)35-50(105)60(90-45(4)101)77(135-88)66(112)55(40-97)133-87(85(119)120)34-49(104)59(89-44(3)100)76(134-87)62(108)51(106)36-93/h30,32,47-57,59-84,93-99,103-106,108-118H,6-29,31,33-43H2,1-5H3,(H,89,100)(H,90,101)(H,91,102)(H,92,107)(H,119,120)(H,121,122)/b32-30+/t47-,48+,49?,50?,51+,52?,53?,54?,55+,56?,57?,59+,60+,61?,62+,63-,64-,65-,66+,67+,68+,69?,70?,71?,72?,73+,74-,75+,76?,77?,78-,79-,80-,81+,82-,83-,84-,87+,88-/m0/s1. The normalized spacial score (nSPS) is 37.0. The first kappa shape index (κ1) is 118. The quantitative estimate of drug-likeness (QED) is 0.0199. The molecule has 0 saturated carbocycles. The summed E-state index contributed by atoms with van der Waals surface area (Å²) in [5.41, 5.74) is 0. The van der Waals surface area contributed by atoms with Gasteiger partial charge in [0.1, 0.15) is 159 Å². The number of ether oxygens (including phenoxy) is 14. The number of hydrogen-bond acceptors (Lipinski definition) is 42. The third kappa shape index (κ3) is 32.8. The number of amides is 4. The fraction of sp³-hybridized carbons (Fsp3) is 0.909. The number of nitrogens with one attached hydrogen (secondary N) is 4. The van der Waals surface area contributed by atoms with Gasteiger partial charge in [-0.25, -0.2) is 9.59 Å². The van der Waals surface area contributed by atoms with Gasteiger partial charge >= 0.3 is 11.9 Å². The molecule has 136 heavy (non-hydrogen) atoms. The van der Waals surface area contributed by atoms with Crippen LogP contribution in [0.1, 0.15) is 214 Å². The lowest BCUT2D eigenvalue weighted by atomic mass is 9.87. The molecule has 39 atom stereocenters. The Bertz CT molecular complexity index is 3500. The van der Waals surface area contributed by atoms with Crippen molar-refractivity contribution in [3.05, 3.63) is 12.2 Å². The third-order valence-corrected chi connectivity index (χ3v) is 25.7. The predicted molar refractivity (Wildman–Crippen MR) is 463 cm³/mol. The Morgan fingerprint density at radius 3 is 1.21 bits per heavy atom. The van der Waals surface area contributed by atoms with Crippen LogP contribution >= 0.6 is 0 Å². The van der Waals surface area contributed by atoms with Crippen molar-refractivity contribution in [2.45, 2.75) is 453 Å². The Morgan fingerprint density at radius 1 is 0.397 bits per heavy atom. The second kappa shape index (κ2) is 58.8. The van der Waals surface area contributed by atoms with Crippen LogP contribution in [0.2, 0.25) is 0 Å². The van der Waals surface area contributed by atoms with Crippen LogP contribution in [0.25, 0.3) is 0 Å². The summed E-state index contributed by atoms with van der Waals surface area (Å²) in [5, 5.41) is 281. The van der Waals surface area contributed by atoms with Crippen molar-refractivity contribution in [2.24, 2.45) is 0 Å². The first-order valence-corrected chi connectivity index (χ1v) is 47.7. The predicted octanol–water partition coefficient (Wildman–Crippen LogP) is -6.82. The van der Waals surface area contributed by atoms with E-state index in [1.807, 2.05) is 6.08 Å². The SMILES string of the molecule is CCCCCCCCCCCCC/C=C/[C@@H](O)[C@H](CO[C@@H]1OC(CO)[C@@H](O[C@@H]2OC(CO)[C@H](O[C@@H]3OC(CO)[C@H](O)[C@H](O[C@@H]4OC(CO)[C@H](O)[C@H](O[C@@H]5OC(CO)[C@H](O)[C@H](O[C@]6(C(=O)O)CC(O)[C@@H](NC(C)=O)C([C@H](O)[C@@H](CO)O[C@]7(C(=O)O)CC(O)[C@@H](NC(C)=O)C([C@H](O)[C@H](O)CO)O7)O6)C5O)C4NC(C)=O)C3O)[C@H](O)C2O)[C@H](O)C1O)NC(=O)CCCCCCCCCCCCCCC. The number of aliphatic carboxylic acids is 2. The maximum atomic E-state index is 13.8. The van der Waals surface area contributed by atoms with Gasteiger partial charge in [0.25, 0.3) is 11.6 Å². The van der Waals surface area contributed by atoms with Gasteiger partial charge in [0.05, 0.1) is 89.3 Å². The zero-order chi connectivity index (χ0) is 100. The number of allylic oxidation sites excluding steroid dienone is 1. The highest BCUT2D eigenvalue weighted by Gasteiger charge is 2.64. The summed E-state index contributed by atoms with van der Waals surface area (Å²) in [5.74, 6) is -14.7. The molecule has 7 heterocycles. The minimum Gasteiger partial charge on any atom is -0.477 e. The van der Waals surface area contributed by atoms with E-state index in [1.54, 1.807) is 6.08 Å². The Kier molecular flexibility index (Phi) is 51.0. The van der Waals surface area contributed by atoms with Crippen LogP contribution in [0.3, 0.4) is 0 Å². The molecule has 0 aliphatic carbocycles. The van der Waals surface area contributed by atoms with Gasteiger partial charge in [-0.15, -0.1) is 0 Å². The van der Waals surface area contributed by atoms with Gasteiger partial charge in [-0.2, -0.15) is 0 Å². The van der Waals surface area contributed by atoms with Crippen LogP contribution in [0.5, 0.6) is 0 Å². The van der Waals surface area contributed by atoms with Gasteiger partial charge in [0.15, 0.2) is 31.5 Å². The number of hydrogen-bond donors (Lipinski definition) is 28. The molecule has 0 radical (unpaired) electrons. The lowest BCUT2D eigenvalue weighted by Crippen LogP contribution is -2.72. The smallest absolute Gasteiger partial charge is 0.364 e. The van der Waals surface area contributed by atoms with E-state index in [1.165, 1.54) is 89.9 Å². The molecule has 7 aliphatic heterocycles. The summed E-state index contributed by atoms with van der Waals surface area (Å²) in [6, 6.07) is -6.98. The van der Waals surface area contributed by atoms with Crippen LogP contribution in [0.15, 0.2) is 12.2 Å². The maximum Gasteiger partial charge on any atom is 0.364 e. The molecule has 790 valence electrons. The first-order chi connectivity index (χ1) is 64.8. The van der Waals surface area contributed by atoms with Gasteiger partial charge < -0.3 is 210 Å². The van der Waals surface area contributed by atoms with Crippen LogP contribution in [0.4, 0.5) is 0 Å². The molecule has 28 N–H and O–H groups in total. The lowest BCUT2D eigenvalue weighted by Gasteiger charge is -2.52.